The summed E-state index contributed by atoms with van der Waals surface area (Å²) in [6.07, 6.45) is 2.93. The Morgan fingerprint density at radius 2 is 1.90 bits per heavy atom. The Hall–Kier alpha value is -4.05. The monoisotopic (exact) mass is 420 g/mol. The van der Waals surface area contributed by atoms with Crippen molar-refractivity contribution < 1.29 is 23.8 Å². The topological polar surface area (TPSA) is 97.7 Å². The fourth-order valence-electron chi connectivity index (χ4n) is 2.53. The lowest BCUT2D eigenvalue weighted by Crippen LogP contribution is -2.24. The third-order valence-corrected chi connectivity index (χ3v) is 4.33. The number of ether oxygens (including phenoxy) is 3. The number of hydrogen-bond donors (Lipinski definition) is 1. The van der Waals surface area contributed by atoms with Crippen LogP contribution in [0, 0.1) is 25.2 Å². The highest BCUT2D eigenvalue weighted by Crippen LogP contribution is 2.29. The Kier molecular flexibility index (Phi) is 8.41. The van der Waals surface area contributed by atoms with Crippen LogP contribution in [-0.2, 0) is 9.59 Å². The second-order valence-corrected chi connectivity index (χ2v) is 6.59. The number of aryl methyl sites for hydroxylation is 2. The molecule has 7 nitrogen and oxygen atoms in total. The largest absolute Gasteiger partial charge is 0.493 e. The molecule has 0 atom stereocenters. The van der Waals surface area contributed by atoms with E-state index in [4.69, 9.17) is 14.2 Å². The molecule has 0 aliphatic heterocycles. The Bertz CT molecular complexity index is 1050. The molecule has 0 aliphatic carbocycles. The van der Waals surface area contributed by atoms with Gasteiger partial charge in [-0.2, -0.15) is 5.26 Å². The normalized spacial score (nSPS) is 10.6. The van der Waals surface area contributed by atoms with Crippen LogP contribution in [0.1, 0.15) is 16.7 Å². The molecule has 0 aromatic heterocycles. The van der Waals surface area contributed by atoms with Gasteiger partial charge in [-0.05, 0) is 60.9 Å². The molecular weight excluding hydrogens is 396 g/mol. The van der Waals surface area contributed by atoms with Crippen molar-refractivity contribution in [3.8, 4) is 23.3 Å². The lowest BCUT2D eigenvalue weighted by molar-refractivity contribution is -0.136. The number of methoxy groups -OCH3 is 1. The molecule has 2 rings (SSSR count). The summed E-state index contributed by atoms with van der Waals surface area (Å²) in [6, 6.07) is 12.1. The number of rotatable bonds is 9. The maximum Gasteiger partial charge on any atom is 0.349 e. The summed E-state index contributed by atoms with van der Waals surface area (Å²) in [5.74, 6) is -0.0620. The third-order valence-electron chi connectivity index (χ3n) is 4.33. The summed E-state index contributed by atoms with van der Waals surface area (Å²) in [5, 5.41) is 11.8. The van der Waals surface area contributed by atoms with Crippen LogP contribution in [0.15, 0.2) is 54.6 Å². The molecule has 2 aromatic rings. The van der Waals surface area contributed by atoms with Crippen molar-refractivity contribution in [1.82, 2.24) is 5.32 Å². The van der Waals surface area contributed by atoms with E-state index < -0.39 is 11.9 Å². The molecule has 0 aliphatic rings. The second-order valence-electron chi connectivity index (χ2n) is 6.59. The lowest BCUT2D eigenvalue weighted by Gasteiger charge is -2.11. The second kappa shape index (κ2) is 11.2. The average molecular weight is 420 g/mol. The summed E-state index contributed by atoms with van der Waals surface area (Å²) in [6.45, 7) is 7.45. The molecule has 1 amide bonds. The van der Waals surface area contributed by atoms with Crippen molar-refractivity contribution in [2.45, 2.75) is 13.8 Å². The number of carbonyl (C=O) groups excluding carboxylic acids is 2. The molecule has 0 heterocycles. The predicted octanol–water partition coefficient (Wildman–Crippen LogP) is 3.51. The van der Waals surface area contributed by atoms with E-state index in [9.17, 15) is 14.9 Å². The first-order chi connectivity index (χ1) is 14.9. The van der Waals surface area contributed by atoms with Crippen LogP contribution in [0.2, 0.25) is 0 Å². The number of benzene rings is 2. The van der Waals surface area contributed by atoms with E-state index >= 15 is 0 Å². The van der Waals surface area contributed by atoms with E-state index in [-0.39, 0.29) is 30.2 Å². The van der Waals surface area contributed by atoms with Gasteiger partial charge in [0, 0.05) is 6.54 Å². The molecule has 0 bridgehead atoms. The molecule has 0 fully saturated rings. The molecule has 0 saturated carbocycles. The standard InChI is InChI=1S/C24H24N2O5/c1-5-10-26-24(28)19(14-25)12-18-7-9-21(22(13-18)29-4)31-23(27)15-30-20-8-6-16(2)17(3)11-20/h5-9,11-13H,1,10,15H2,2-4H3,(H,26,28)/b19-12+. The molecule has 31 heavy (non-hydrogen) atoms. The quantitative estimate of drug-likeness (QED) is 0.219. The zero-order valence-corrected chi connectivity index (χ0v) is 17.7. The van der Waals surface area contributed by atoms with Crippen LogP contribution < -0.4 is 19.5 Å². The van der Waals surface area contributed by atoms with E-state index in [0.29, 0.717) is 11.3 Å². The summed E-state index contributed by atoms with van der Waals surface area (Å²) in [7, 11) is 1.42. The zero-order chi connectivity index (χ0) is 22.8. The molecular formula is C24H24N2O5. The van der Waals surface area contributed by atoms with Gasteiger partial charge in [0.25, 0.3) is 5.91 Å². The van der Waals surface area contributed by atoms with E-state index in [1.165, 1.54) is 25.3 Å². The van der Waals surface area contributed by atoms with Gasteiger partial charge in [-0.15, -0.1) is 6.58 Å². The molecule has 0 radical (unpaired) electrons. The third kappa shape index (κ3) is 6.75. The van der Waals surface area contributed by atoms with E-state index in [2.05, 4.69) is 11.9 Å². The average Bonchev–Trinajstić information content (AvgIpc) is 2.77. The molecule has 160 valence electrons. The van der Waals surface area contributed by atoms with Gasteiger partial charge >= 0.3 is 5.97 Å². The van der Waals surface area contributed by atoms with Crippen LogP contribution in [-0.4, -0.2) is 32.1 Å². The van der Waals surface area contributed by atoms with Gasteiger partial charge in [-0.3, -0.25) is 4.79 Å². The smallest absolute Gasteiger partial charge is 0.349 e. The van der Waals surface area contributed by atoms with Crippen molar-refractivity contribution in [2.75, 3.05) is 20.3 Å². The Morgan fingerprint density at radius 1 is 1.13 bits per heavy atom. The van der Waals surface area contributed by atoms with Crippen molar-refractivity contribution in [3.63, 3.8) is 0 Å². The Morgan fingerprint density at radius 3 is 2.55 bits per heavy atom. The molecule has 1 N–H and O–H groups in total. The minimum atomic E-state index is -0.596. The van der Waals surface area contributed by atoms with Crippen molar-refractivity contribution in [3.05, 3.63) is 71.3 Å². The summed E-state index contributed by atoms with van der Waals surface area (Å²) >= 11 is 0. The highest BCUT2D eigenvalue weighted by atomic mass is 16.6. The fraction of sp³-hybridized carbons (Fsp3) is 0.208. The van der Waals surface area contributed by atoms with Crippen molar-refractivity contribution >= 4 is 18.0 Å². The lowest BCUT2D eigenvalue weighted by atomic mass is 10.1. The van der Waals surface area contributed by atoms with Crippen LogP contribution in [0.5, 0.6) is 17.2 Å². The van der Waals surface area contributed by atoms with Gasteiger partial charge in [0.15, 0.2) is 18.1 Å². The summed E-state index contributed by atoms with van der Waals surface area (Å²) in [4.78, 5) is 24.2. The Balaban J connectivity index is 2.08. The molecule has 7 heteroatoms. The van der Waals surface area contributed by atoms with E-state index in [1.54, 1.807) is 18.2 Å². The van der Waals surface area contributed by atoms with Crippen LogP contribution in [0.25, 0.3) is 6.08 Å². The van der Waals surface area contributed by atoms with Crippen LogP contribution in [0.4, 0.5) is 0 Å². The number of nitrogens with one attached hydrogen (secondary N) is 1. The van der Waals surface area contributed by atoms with Crippen molar-refractivity contribution in [2.24, 2.45) is 0 Å². The molecule has 0 saturated heterocycles. The maximum atomic E-state index is 12.2. The number of esters is 1. The number of amides is 1. The van der Waals surface area contributed by atoms with Gasteiger partial charge < -0.3 is 19.5 Å². The Labute approximate surface area is 181 Å². The van der Waals surface area contributed by atoms with Gasteiger partial charge in [0.2, 0.25) is 0 Å². The molecule has 0 unspecified atom stereocenters. The minimum absolute atomic E-state index is 0.0737. The molecule has 0 spiro atoms. The SMILES string of the molecule is C=CCNC(=O)/C(C#N)=C/c1ccc(OC(=O)COc2ccc(C)c(C)c2)c(OC)c1. The number of carbonyl (C=O) groups is 2. The fourth-order valence-corrected chi connectivity index (χ4v) is 2.53. The highest BCUT2D eigenvalue weighted by Gasteiger charge is 2.13. The first-order valence-electron chi connectivity index (χ1n) is 9.47. The zero-order valence-electron chi connectivity index (χ0n) is 17.7. The van der Waals surface area contributed by atoms with Gasteiger partial charge in [-0.25, -0.2) is 4.79 Å². The van der Waals surface area contributed by atoms with Crippen LogP contribution in [0.3, 0.4) is 0 Å². The van der Waals surface area contributed by atoms with Gasteiger partial charge in [0.1, 0.15) is 17.4 Å². The van der Waals surface area contributed by atoms with Crippen LogP contribution >= 0.6 is 0 Å². The maximum absolute atomic E-state index is 12.2. The number of hydrogen-bond acceptors (Lipinski definition) is 6. The molecule has 2 aromatic carbocycles. The predicted molar refractivity (Wildman–Crippen MR) is 117 cm³/mol. The minimum Gasteiger partial charge on any atom is -0.493 e. The number of nitriles is 1. The van der Waals surface area contributed by atoms with E-state index in [0.717, 1.165) is 11.1 Å². The number of nitrogens with zero attached hydrogens (tertiary/aromatic N) is 1. The summed E-state index contributed by atoms with van der Waals surface area (Å²) < 4.78 is 16.1. The van der Waals surface area contributed by atoms with Gasteiger partial charge in [0.05, 0.1) is 7.11 Å². The first kappa shape index (κ1) is 23.2. The van der Waals surface area contributed by atoms with Crippen molar-refractivity contribution in [1.29, 1.82) is 5.26 Å². The first-order valence-corrected chi connectivity index (χ1v) is 9.47. The van der Waals surface area contributed by atoms with Gasteiger partial charge in [-0.1, -0.05) is 18.2 Å². The highest BCUT2D eigenvalue weighted by molar-refractivity contribution is 6.01. The van der Waals surface area contributed by atoms with E-state index in [1.807, 2.05) is 32.0 Å². The summed E-state index contributed by atoms with van der Waals surface area (Å²) in [5.41, 5.74) is 2.65.